The number of carbonyl (C=O) groups excluding carboxylic acids is 1. The molecule has 0 heterocycles. The van der Waals surface area contributed by atoms with Gasteiger partial charge in [0, 0.05) is 16.6 Å². The van der Waals surface area contributed by atoms with Gasteiger partial charge in [0.1, 0.15) is 6.04 Å². The normalized spacial score (nSPS) is 11.8. The minimum absolute atomic E-state index is 0.193. The van der Waals surface area contributed by atoms with Gasteiger partial charge in [0.15, 0.2) is 0 Å². The molecule has 0 fully saturated rings. The SMILES string of the molecule is CCOC(=O)C(Cc1cc(Cl)cc(Cl)c1)NCc1cccc(C(=O)O)c1. The van der Waals surface area contributed by atoms with Crippen molar-refractivity contribution >= 4 is 35.1 Å². The first-order chi connectivity index (χ1) is 12.4. The number of hydrogen-bond acceptors (Lipinski definition) is 4. The molecule has 7 heteroatoms. The Kier molecular flexibility index (Phi) is 7.45. The Bertz CT molecular complexity index is 775. The predicted molar refractivity (Wildman–Crippen MR) is 101 cm³/mol. The highest BCUT2D eigenvalue weighted by atomic mass is 35.5. The predicted octanol–water partition coefficient (Wildman–Crippen LogP) is 3.96. The van der Waals surface area contributed by atoms with Gasteiger partial charge in [-0.2, -0.15) is 0 Å². The molecule has 0 spiro atoms. The fraction of sp³-hybridized carbons (Fsp3) is 0.263. The van der Waals surface area contributed by atoms with Gasteiger partial charge in [0.2, 0.25) is 0 Å². The van der Waals surface area contributed by atoms with E-state index in [4.69, 9.17) is 33.0 Å². The summed E-state index contributed by atoms with van der Waals surface area (Å²) in [5.74, 6) is -1.39. The summed E-state index contributed by atoms with van der Waals surface area (Å²) in [5.41, 5.74) is 1.74. The second-order valence-corrected chi connectivity index (χ2v) is 6.55. The van der Waals surface area contributed by atoms with Crippen LogP contribution in [0.5, 0.6) is 0 Å². The standard InChI is InChI=1S/C19H19Cl2NO4/c1-2-26-19(25)17(9-13-7-15(20)10-16(21)8-13)22-11-12-4-3-5-14(6-12)18(23)24/h3-8,10,17,22H,2,9,11H2,1H3,(H,23,24). The zero-order valence-electron chi connectivity index (χ0n) is 14.2. The van der Waals surface area contributed by atoms with E-state index < -0.39 is 18.0 Å². The van der Waals surface area contributed by atoms with Crippen LogP contribution in [-0.2, 0) is 22.5 Å². The summed E-state index contributed by atoms with van der Waals surface area (Å²) in [5, 5.41) is 13.2. The van der Waals surface area contributed by atoms with Crippen LogP contribution >= 0.6 is 23.2 Å². The number of esters is 1. The van der Waals surface area contributed by atoms with E-state index in [1.54, 1.807) is 43.3 Å². The molecular formula is C19H19Cl2NO4. The maximum absolute atomic E-state index is 12.3. The molecule has 2 aromatic carbocycles. The highest BCUT2D eigenvalue weighted by Gasteiger charge is 2.20. The highest BCUT2D eigenvalue weighted by molar-refractivity contribution is 6.34. The van der Waals surface area contributed by atoms with E-state index in [0.717, 1.165) is 11.1 Å². The molecule has 2 aromatic rings. The van der Waals surface area contributed by atoms with Crippen molar-refractivity contribution in [2.45, 2.75) is 25.9 Å². The first-order valence-corrected chi connectivity index (χ1v) is 8.82. The molecule has 0 saturated carbocycles. The Morgan fingerprint density at radius 2 is 1.81 bits per heavy atom. The van der Waals surface area contributed by atoms with Gasteiger partial charge in [-0.1, -0.05) is 35.3 Å². The number of aromatic carboxylic acids is 1. The van der Waals surface area contributed by atoms with Crippen LogP contribution < -0.4 is 5.32 Å². The first kappa shape index (κ1) is 20.2. The zero-order valence-corrected chi connectivity index (χ0v) is 15.7. The molecule has 1 unspecified atom stereocenters. The van der Waals surface area contributed by atoms with Gasteiger partial charge < -0.3 is 15.2 Å². The van der Waals surface area contributed by atoms with E-state index in [2.05, 4.69) is 5.32 Å². The van der Waals surface area contributed by atoms with E-state index in [-0.39, 0.29) is 12.2 Å². The molecule has 0 aliphatic carbocycles. The topological polar surface area (TPSA) is 75.6 Å². The number of nitrogens with one attached hydrogen (secondary N) is 1. The summed E-state index contributed by atoms with van der Waals surface area (Å²) in [4.78, 5) is 23.3. The largest absolute Gasteiger partial charge is 0.478 e. The van der Waals surface area contributed by atoms with Crippen LogP contribution in [0, 0.1) is 0 Å². The number of benzene rings is 2. The minimum Gasteiger partial charge on any atom is -0.478 e. The maximum atomic E-state index is 12.3. The van der Waals surface area contributed by atoms with Gasteiger partial charge in [-0.05, 0) is 54.8 Å². The van der Waals surface area contributed by atoms with Gasteiger partial charge in [-0.15, -0.1) is 0 Å². The highest BCUT2D eigenvalue weighted by Crippen LogP contribution is 2.20. The molecular weight excluding hydrogens is 377 g/mol. The van der Waals surface area contributed by atoms with E-state index >= 15 is 0 Å². The minimum atomic E-state index is -0.998. The number of carboxylic acid groups (broad SMARTS) is 1. The molecule has 0 aliphatic rings. The number of ether oxygens (including phenoxy) is 1. The fourth-order valence-corrected chi connectivity index (χ4v) is 3.07. The van der Waals surface area contributed by atoms with Crippen molar-refractivity contribution in [2.75, 3.05) is 6.61 Å². The van der Waals surface area contributed by atoms with Gasteiger partial charge in [0.25, 0.3) is 0 Å². The van der Waals surface area contributed by atoms with E-state index in [1.807, 2.05) is 0 Å². The zero-order chi connectivity index (χ0) is 19.1. The van der Waals surface area contributed by atoms with Crippen molar-refractivity contribution in [3.05, 3.63) is 69.2 Å². The Labute approximate surface area is 161 Å². The third-order valence-electron chi connectivity index (χ3n) is 3.66. The third-order valence-corrected chi connectivity index (χ3v) is 4.10. The average Bonchev–Trinajstić information content (AvgIpc) is 2.58. The third kappa shape index (κ3) is 6.02. The fourth-order valence-electron chi connectivity index (χ4n) is 2.50. The van der Waals surface area contributed by atoms with E-state index in [1.165, 1.54) is 6.07 Å². The summed E-state index contributed by atoms with van der Waals surface area (Å²) < 4.78 is 5.13. The molecule has 2 N–H and O–H groups in total. The molecule has 2 rings (SSSR count). The van der Waals surface area contributed by atoms with Crippen molar-refractivity contribution in [3.8, 4) is 0 Å². The van der Waals surface area contributed by atoms with Gasteiger partial charge >= 0.3 is 11.9 Å². The van der Waals surface area contributed by atoms with Crippen molar-refractivity contribution in [1.82, 2.24) is 5.32 Å². The van der Waals surface area contributed by atoms with Crippen molar-refractivity contribution in [3.63, 3.8) is 0 Å². The Balaban J connectivity index is 2.13. The summed E-state index contributed by atoms with van der Waals surface area (Å²) >= 11 is 12.0. The Hall–Kier alpha value is -2.08. The molecule has 0 saturated heterocycles. The lowest BCUT2D eigenvalue weighted by atomic mass is 10.0. The maximum Gasteiger partial charge on any atom is 0.335 e. The number of halogens is 2. The van der Waals surface area contributed by atoms with Crippen LogP contribution in [0.2, 0.25) is 10.0 Å². The second kappa shape index (κ2) is 9.57. The molecule has 0 aromatic heterocycles. The van der Waals surface area contributed by atoms with Crippen LogP contribution in [0.15, 0.2) is 42.5 Å². The number of rotatable bonds is 8. The lowest BCUT2D eigenvalue weighted by molar-refractivity contribution is -0.145. The Morgan fingerprint density at radius 1 is 1.12 bits per heavy atom. The van der Waals surface area contributed by atoms with E-state index in [0.29, 0.717) is 23.0 Å². The molecule has 0 aliphatic heterocycles. The smallest absolute Gasteiger partial charge is 0.335 e. The van der Waals surface area contributed by atoms with Crippen LogP contribution in [0.25, 0.3) is 0 Å². The summed E-state index contributed by atoms with van der Waals surface area (Å²) in [6, 6.07) is 11.0. The molecule has 1 atom stereocenters. The average molecular weight is 396 g/mol. The first-order valence-electron chi connectivity index (χ1n) is 8.06. The van der Waals surface area contributed by atoms with Gasteiger partial charge in [0.05, 0.1) is 12.2 Å². The monoisotopic (exact) mass is 395 g/mol. The van der Waals surface area contributed by atoms with Gasteiger partial charge in [-0.3, -0.25) is 4.79 Å². The molecule has 0 radical (unpaired) electrons. The van der Waals surface area contributed by atoms with Crippen LogP contribution in [-0.4, -0.2) is 29.7 Å². The summed E-state index contributed by atoms with van der Waals surface area (Å²) in [6.45, 7) is 2.32. The van der Waals surface area contributed by atoms with Crippen LogP contribution in [0.3, 0.4) is 0 Å². The lowest BCUT2D eigenvalue weighted by Crippen LogP contribution is -2.39. The Morgan fingerprint density at radius 3 is 2.42 bits per heavy atom. The molecule has 0 amide bonds. The molecule has 138 valence electrons. The summed E-state index contributed by atoms with van der Waals surface area (Å²) in [6.07, 6.45) is 0.345. The molecule has 0 bridgehead atoms. The van der Waals surface area contributed by atoms with Gasteiger partial charge in [-0.25, -0.2) is 4.79 Å². The van der Waals surface area contributed by atoms with Crippen LogP contribution in [0.1, 0.15) is 28.4 Å². The van der Waals surface area contributed by atoms with Crippen molar-refractivity contribution < 1.29 is 19.4 Å². The lowest BCUT2D eigenvalue weighted by Gasteiger charge is -2.18. The van der Waals surface area contributed by atoms with E-state index in [9.17, 15) is 9.59 Å². The second-order valence-electron chi connectivity index (χ2n) is 5.67. The van der Waals surface area contributed by atoms with Crippen molar-refractivity contribution in [1.29, 1.82) is 0 Å². The van der Waals surface area contributed by atoms with Crippen molar-refractivity contribution in [2.24, 2.45) is 0 Å². The molecule has 26 heavy (non-hydrogen) atoms. The molecule has 5 nitrogen and oxygen atoms in total. The number of carbonyl (C=O) groups is 2. The number of carboxylic acids is 1. The van der Waals surface area contributed by atoms with Crippen LogP contribution in [0.4, 0.5) is 0 Å². The number of hydrogen-bond donors (Lipinski definition) is 2. The summed E-state index contributed by atoms with van der Waals surface area (Å²) in [7, 11) is 0. The quantitative estimate of drug-likeness (QED) is 0.661.